The van der Waals surface area contributed by atoms with Crippen LogP contribution in [-0.2, 0) is 6.54 Å². The van der Waals surface area contributed by atoms with Crippen molar-refractivity contribution in [3.8, 4) is 0 Å². The maximum Gasteiger partial charge on any atom is 0.154 e. The predicted octanol–water partition coefficient (Wildman–Crippen LogP) is 2.75. The Labute approximate surface area is 134 Å². The summed E-state index contributed by atoms with van der Waals surface area (Å²) in [6.45, 7) is 0.590. The summed E-state index contributed by atoms with van der Waals surface area (Å²) >= 11 is 0. The summed E-state index contributed by atoms with van der Waals surface area (Å²) in [4.78, 5) is 14.2. The first-order chi connectivity index (χ1) is 11.2. The van der Waals surface area contributed by atoms with Crippen LogP contribution in [0.25, 0.3) is 0 Å². The molecule has 1 N–H and O–H groups in total. The van der Waals surface area contributed by atoms with Gasteiger partial charge in [-0.05, 0) is 49.4 Å². The molecule has 1 spiro atoms. The maximum atomic E-state index is 13.0. The lowest BCUT2D eigenvalue weighted by atomic mass is 9.90. The Bertz CT molecular complexity index is 823. The number of aromatic nitrogens is 1. The summed E-state index contributed by atoms with van der Waals surface area (Å²) in [5.41, 5.74) is 0.753. The Morgan fingerprint density at radius 3 is 2.57 bits per heavy atom. The number of fused-ring (bicyclic) bond motifs is 1. The van der Waals surface area contributed by atoms with E-state index in [0.29, 0.717) is 6.54 Å². The highest BCUT2D eigenvalue weighted by Crippen LogP contribution is 2.33. The second kappa shape index (κ2) is 5.72. The number of benzene rings is 1. The Kier molecular flexibility index (Phi) is 3.56. The molecular weight excluding hydrogens is 291 g/mol. The molecule has 5 heteroatoms. The molecule has 0 saturated heterocycles. The molecule has 2 aromatic rings. The number of hydrogen-bond acceptors (Lipinski definition) is 4. The molecule has 1 aromatic carbocycles. The van der Waals surface area contributed by atoms with Gasteiger partial charge in [0.1, 0.15) is 11.2 Å². The van der Waals surface area contributed by atoms with Crippen LogP contribution in [0.1, 0.15) is 37.7 Å². The second-order valence-electron chi connectivity index (χ2n) is 6.27. The lowest BCUT2D eigenvalue weighted by Gasteiger charge is -2.27. The number of halogens is 1. The summed E-state index contributed by atoms with van der Waals surface area (Å²) in [7, 11) is 0. The van der Waals surface area contributed by atoms with E-state index in [2.05, 4.69) is 10.3 Å². The third-order valence-electron chi connectivity index (χ3n) is 4.58. The number of pyridine rings is 1. The molecule has 0 atom stereocenters. The largest absolute Gasteiger partial charge is 0.364 e. The molecule has 0 radical (unpaired) electrons. The van der Waals surface area contributed by atoms with Crippen molar-refractivity contribution in [2.24, 2.45) is 9.98 Å². The van der Waals surface area contributed by atoms with Gasteiger partial charge in [0.05, 0.1) is 5.36 Å². The molecule has 2 aliphatic rings. The van der Waals surface area contributed by atoms with E-state index in [1.165, 1.54) is 31.4 Å². The first kappa shape index (κ1) is 14.3. The number of rotatable bonds is 3. The van der Waals surface area contributed by atoms with Crippen LogP contribution in [0.2, 0.25) is 0 Å². The van der Waals surface area contributed by atoms with Crippen molar-refractivity contribution < 1.29 is 4.39 Å². The molecule has 2 heterocycles. The fourth-order valence-corrected chi connectivity index (χ4v) is 3.36. The summed E-state index contributed by atoms with van der Waals surface area (Å²) in [6.07, 6.45) is 7.47. The lowest BCUT2D eigenvalue weighted by Crippen LogP contribution is -2.27. The van der Waals surface area contributed by atoms with Crippen LogP contribution in [0.15, 0.2) is 46.5 Å². The van der Waals surface area contributed by atoms with E-state index >= 15 is 0 Å². The summed E-state index contributed by atoms with van der Waals surface area (Å²) in [6, 6.07) is 8.42. The molecule has 1 fully saturated rings. The minimum absolute atomic E-state index is 0.222. The standard InChI is InChI=1S/C18H19FN4/c19-14-6-4-13(5-7-14)12-21-17-16-15(8-11-20-17)22-18(23-16)9-2-1-3-10-18/h4-8,11H,1-3,9-10,12H2,(H,20,21). The average molecular weight is 310 g/mol. The van der Waals surface area contributed by atoms with E-state index in [1.54, 1.807) is 18.3 Å². The monoisotopic (exact) mass is 310 g/mol. The van der Waals surface area contributed by atoms with Crippen LogP contribution in [-0.4, -0.2) is 10.6 Å². The van der Waals surface area contributed by atoms with E-state index in [1.807, 2.05) is 6.07 Å². The Balaban J connectivity index is 1.60. The summed E-state index contributed by atoms with van der Waals surface area (Å²) in [5, 5.41) is 5.12. The molecular formula is C18H19FN4. The summed E-state index contributed by atoms with van der Waals surface area (Å²) in [5.74, 6) is 0.540. The van der Waals surface area contributed by atoms with Crippen molar-refractivity contribution in [1.29, 1.82) is 0 Å². The van der Waals surface area contributed by atoms with Crippen molar-refractivity contribution in [2.75, 3.05) is 5.32 Å². The number of anilines is 1. The Morgan fingerprint density at radius 1 is 1.00 bits per heavy atom. The minimum Gasteiger partial charge on any atom is -0.364 e. The van der Waals surface area contributed by atoms with Gasteiger partial charge < -0.3 is 5.32 Å². The first-order valence-electron chi connectivity index (χ1n) is 8.17. The number of nitrogens with zero attached hydrogens (tertiary/aromatic N) is 3. The Hall–Kier alpha value is -2.30. The topological polar surface area (TPSA) is 49.6 Å². The number of hydrogen-bond donors (Lipinski definition) is 1. The SMILES string of the molecule is Fc1ccc(CNc2nccc3c2=NC2(CCCCC2)N=3)cc1. The van der Waals surface area contributed by atoms with Gasteiger partial charge in [0.2, 0.25) is 0 Å². The highest BCUT2D eigenvalue weighted by Gasteiger charge is 2.33. The third kappa shape index (κ3) is 2.83. The third-order valence-corrected chi connectivity index (χ3v) is 4.58. The molecule has 23 heavy (non-hydrogen) atoms. The maximum absolute atomic E-state index is 13.0. The van der Waals surface area contributed by atoms with E-state index in [0.717, 1.165) is 34.9 Å². The van der Waals surface area contributed by atoms with Gasteiger partial charge in [0.25, 0.3) is 0 Å². The quantitative estimate of drug-likeness (QED) is 0.947. The van der Waals surface area contributed by atoms with Crippen molar-refractivity contribution in [1.82, 2.24) is 4.98 Å². The van der Waals surface area contributed by atoms with Gasteiger partial charge in [0.15, 0.2) is 11.5 Å². The van der Waals surface area contributed by atoms with Gasteiger partial charge in [-0.3, -0.25) is 4.99 Å². The van der Waals surface area contributed by atoms with Crippen molar-refractivity contribution in [2.45, 2.75) is 44.3 Å². The van der Waals surface area contributed by atoms with Gasteiger partial charge in [-0.15, -0.1) is 0 Å². The van der Waals surface area contributed by atoms with Gasteiger partial charge in [-0.25, -0.2) is 14.4 Å². The van der Waals surface area contributed by atoms with Crippen LogP contribution >= 0.6 is 0 Å². The smallest absolute Gasteiger partial charge is 0.154 e. The molecule has 1 aliphatic heterocycles. The lowest BCUT2D eigenvalue weighted by molar-refractivity contribution is 0.309. The van der Waals surface area contributed by atoms with Gasteiger partial charge in [-0.1, -0.05) is 18.6 Å². The van der Waals surface area contributed by atoms with Crippen LogP contribution in [0.5, 0.6) is 0 Å². The molecule has 0 unspecified atom stereocenters. The van der Waals surface area contributed by atoms with E-state index in [-0.39, 0.29) is 11.5 Å². The molecule has 1 saturated carbocycles. The van der Waals surface area contributed by atoms with Gasteiger partial charge >= 0.3 is 0 Å². The first-order valence-corrected chi connectivity index (χ1v) is 8.17. The molecule has 1 aliphatic carbocycles. The highest BCUT2D eigenvalue weighted by molar-refractivity contribution is 5.35. The zero-order chi connectivity index (χ0) is 15.7. The second-order valence-corrected chi connectivity index (χ2v) is 6.27. The zero-order valence-electron chi connectivity index (χ0n) is 12.9. The van der Waals surface area contributed by atoms with E-state index < -0.39 is 0 Å². The summed E-state index contributed by atoms with van der Waals surface area (Å²) < 4.78 is 13.0. The normalized spacial score (nSPS) is 18.1. The highest BCUT2D eigenvalue weighted by atomic mass is 19.1. The fraction of sp³-hybridized carbons (Fsp3) is 0.389. The van der Waals surface area contributed by atoms with Crippen LogP contribution in [0.4, 0.5) is 10.2 Å². The molecule has 4 rings (SSSR count). The molecule has 1 aromatic heterocycles. The molecule has 118 valence electrons. The fourth-order valence-electron chi connectivity index (χ4n) is 3.36. The van der Waals surface area contributed by atoms with E-state index in [9.17, 15) is 4.39 Å². The van der Waals surface area contributed by atoms with E-state index in [4.69, 9.17) is 9.98 Å². The van der Waals surface area contributed by atoms with Gasteiger partial charge in [0, 0.05) is 12.7 Å². The molecule has 0 amide bonds. The van der Waals surface area contributed by atoms with Crippen LogP contribution < -0.4 is 16.0 Å². The zero-order valence-corrected chi connectivity index (χ0v) is 12.9. The van der Waals surface area contributed by atoms with Crippen molar-refractivity contribution in [3.05, 3.63) is 58.6 Å². The number of nitrogens with one attached hydrogen (secondary N) is 1. The molecule has 0 bridgehead atoms. The Morgan fingerprint density at radius 2 is 1.78 bits per heavy atom. The van der Waals surface area contributed by atoms with Gasteiger partial charge in [-0.2, -0.15) is 0 Å². The average Bonchev–Trinajstić information content (AvgIpc) is 2.93. The van der Waals surface area contributed by atoms with Crippen LogP contribution in [0, 0.1) is 5.82 Å². The molecule has 4 nitrogen and oxygen atoms in total. The van der Waals surface area contributed by atoms with Crippen molar-refractivity contribution >= 4 is 5.82 Å². The predicted molar refractivity (Wildman–Crippen MR) is 86.1 cm³/mol. The van der Waals surface area contributed by atoms with Crippen molar-refractivity contribution in [3.63, 3.8) is 0 Å². The minimum atomic E-state index is -0.254. The van der Waals surface area contributed by atoms with Crippen LogP contribution in [0.3, 0.4) is 0 Å².